The van der Waals surface area contributed by atoms with Gasteiger partial charge in [0.15, 0.2) is 0 Å². The first-order valence-corrected chi connectivity index (χ1v) is 6.97. The third-order valence-electron chi connectivity index (χ3n) is 4.33. The second kappa shape index (κ2) is 4.84. The molecule has 0 N–H and O–H groups in total. The Bertz CT molecular complexity index is 440. The summed E-state index contributed by atoms with van der Waals surface area (Å²) < 4.78 is 2.21. The molecule has 1 aromatic heterocycles. The summed E-state index contributed by atoms with van der Waals surface area (Å²) in [6, 6.07) is 0. The standard InChI is InChI=1S/C14H21N3O/c1-11-2-3-13(18)12(8-11)9-16-6-7-17-5-4-15-14(17)10-16/h4-5,11-12H,2-3,6-10H2,1H3. The van der Waals surface area contributed by atoms with E-state index in [2.05, 4.69) is 21.4 Å². The second-order valence-corrected chi connectivity index (χ2v) is 5.81. The number of rotatable bonds is 2. The maximum Gasteiger partial charge on any atom is 0.137 e. The summed E-state index contributed by atoms with van der Waals surface area (Å²) in [6.45, 7) is 6.14. The van der Waals surface area contributed by atoms with Gasteiger partial charge in [0.25, 0.3) is 0 Å². The van der Waals surface area contributed by atoms with Crippen molar-refractivity contribution in [2.24, 2.45) is 11.8 Å². The van der Waals surface area contributed by atoms with E-state index in [9.17, 15) is 4.79 Å². The smallest absolute Gasteiger partial charge is 0.137 e. The van der Waals surface area contributed by atoms with Gasteiger partial charge in [0.05, 0.1) is 6.54 Å². The molecule has 4 heteroatoms. The van der Waals surface area contributed by atoms with Crippen LogP contribution in [0.2, 0.25) is 0 Å². The number of carbonyl (C=O) groups excluding carboxylic acids is 1. The molecule has 1 saturated carbocycles. The van der Waals surface area contributed by atoms with Crippen LogP contribution in [-0.4, -0.2) is 33.3 Å². The summed E-state index contributed by atoms with van der Waals surface area (Å²) in [5, 5.41) is 0. The number of ketones is 1. The van der Waals surface area contributed by atoms with Crippen molar-refractivity contribution in [2.75, 3.05) is 13.1 Å². The Morgan fingerprint density at radius 3 is 3.22 bits per heavy atom. The second-order valence-electron chi connectivity index (χ2n) is 5.81. The van der Waals surface area contributed by atoms with Gasteiger partial charge in [-0.15, -0.1) is 0 Å². The number of Topliss-reactive ketones (excluding diaryl/α,β-unsaturated/α-hetero) is 1. The van der Waals surface area contributed by atoms with Crippen LogP contribution >= 0.6 is 0 Å². The van der Waals surface area contributed by atoms with E-state index in [1.807, 2.05) is 12.4 Å². The van der Waals surface area contributed by atoms with Crippen molar-refractivity contribution >= 4 is 5.78 Å². The molecule has 0 saturated heterocycles. The Hall–Kier alpha value is -1.16. The number of imidazole rings is 1. The van der Waals surface area contributed by atoms with Gasteiger partial charge in [-0.05, 0) is 18.8 Å². The highest BCUT2D eigenvalue weighted by molar-refractivity contribution is 5.81. The summed E-state index contributed by atoms with van der Waals surface area (Å²) in [5.74, 6) is 2.58. The summed E-state index contributed by atoms with van der Waals surface area (Å²) in [7, 11) is 0. The van der Waals surface area contributed by atoms with E-state index >= 15 is 0 Å². The molecular weight excluding hydrogens is 226 g/mol. The minimum Gasteiger partial charge on any atom is -0.333 e. The molecular formula is C14H21N3O. The highest BCUT2D eigenvalue weighted by Crippen LogP contribution is 2.27. The van der Waals surface area contributed by atoms with Gasteiger partial charge in [0.2, 0.25) is 0 Å². The lowest BCUT2D eigenvalue weighted by molar-refractivity contribution is -0.126. The van der Waals surface area contributed by atoms with Gasteiger partial charge in [-0.3, -0.25) is 9.69 Å². The van der Waals surface area contributed by atoms with Crippen LogP contribution in [0.25, 0.3) is 0 Å². The lowest BCUT2D eigenvalue weighted by Crippen LogP contribution is -2.40. The number of fused-ring (bicyclic) bond motifs is 1. The number of hydrogen-bond donors (Lipinski definition) is 0. The zero-order valence-corrected chi connectivity index (χ0v) is 11.0. The largest absolute Gasteiger partial charge is 0.333 e. The zero-order valence-electron chi connectivity index (χ0n) is 11.0. The van der Waals surface area contributed by atoms with Gasteiger partial charge in [0, 0.05) is 44.4 Å². The lowest BCUT2D eigenvalue weighted by Gasteiger charge is -2.33. The number of nitrogens with zero attached hydrogens (tertiary/aromatic N) is 3. The summed E-state index contributed by atoms with van der Waals surface area (Å²) in [6.07, 6.45) is 6.85. The van der Waals surface area contributed by atoms with Crippen LogP contribution < -0.4 is 0 Å². The number of carbonyl (C=O) groups is 1. The van der Waals surface area contributed by atoms with Crippen molar-refractivity contribution < 1.29 is 4.79 Å². The molecule has 1 fully saturated rings. The molecule has 0 bridgehead atoms. The molecule has 1 aliphatic heterocycles. The molecule has 2 atom stereocenters. The van der Waals surface area contributed by atoms with E-state index in [1.165, 1.54) is 0 Å². The number of aromatic nitrogens is 2. The fourth-order valence-electron chi connectivity index (χ4n) is 3.20. The average molecular weight is 247 g/mol. The fourth-order valence-corrected chi connectivity index (χ4v) is 3.20. The van der Waals surface area contributed by atoms with E-state index in [0.717, 1.165) is 51.3 Å². The molecule has 18 heavy (non-hydrogen) atoms. The van der Waals surface area contributed by atoms with Crippen molar-refractivity contribution in [1.82, 2.24) is 14.5 Å². The molecule has 0 amide bonds. The van der Waals surface area contributed by atoms with Crippen molar-refractivity contribution in [1.29, 1.82) is 0 Å². The Labute approximate surface area is 108 Å². The molecule has 4 nitrogen and oxygen atoms in total. The van der Waals surface area contributed by atoms with E-state index in [4.69, 9.17) is 0 Å². The molecule has 1 aliphatic carbocycles. The van der Waals surface area contributed by atoms with E-state index in [-0.39, 0.29) is 5.92 Å². The molecule has 0 spiro atoms. The quantitative estimate of drug-likeness (QED) is 0.798. The highest BCUT2D eigenvalue weighted by atomic mass is 16.1. The Balaban J connectivity index is 1.62. The predicted molar refractivity (Wildman–Crippen MR) is 69.0 cm³/mol. The Morgan fingerprint density at radius 2 is 2.33 bits per heavy atom. The van der Waals surface area contributed by atoms with Gasteiger partial charge in [-0.2, -0.15) is 0 Å². The van der Waals surface area contributed by atoms with Crippen LogP contribution in [0, 0.1) is 11.8 Å². The number of hydrogen-bond acceptors (Lipinski definition) is 3. The summed E-state index contributed by atoms with van der Waals surface area (Å²) >= 11 is 0. The van der Waals surface area contributed by atoms with Crippen molar-refractivity contribution in [3.63, 3.8) is 0 Å². The van der Waals surface area contributed by atoms with Crippen LogP contribution in [0.4, 0.5) is 0 Å². The fraction of sp³-hybridized carbons (Fsp3) is 0.714. The van der Waals surface area contributed by atoms with Crippen LogP contribution in [-0.2, 0) is 17.9 Å². The summed E-state index contributed by atoms with van der Waals surface area (Å²) in [5.41, 5.74) is 0. The lowest BCUT2D eigenvalue weighted by atomic mass is 9.81. The first-order valence-electron chi connectivity index (χ1n) is 6.97. The minimum atomic E-state index is 0.260. The molecule has 0 radical (unpaired) electrons. The Kier molecular flexibility index (Phi) is 3.20. The van der Waals surface area contributed by atoms with Crippen LogP contribution in [0.1, 0.15) is 32.0 Å². The molecule has 3 rings (SSSR count). The Morgan fingerprint density at radius 1 is 1.44 bits per heavy atom. The normalized spacial score (nSPS) is 29.3. The maximum atomic E-state index is 12.0. The SMILES string of the molecule is CC1CCC(=O)C(CN2CCn3ccnc3C2)C1. The molecule has 1 aromatic rings. The molecule has 0 aromatic carbocycles. The maximum absolute atomic E-state index is 12.0. The minimum absolute atomic E-state index is 0.260. The highest BCUT2D eigenvalue weighted by Gasteiger charge is 2.29. The molecule has 2 unspecified atom stereocenters. The van der Waals surface area contributed by atoms with Crippen LogP contribution in [0.15, 0.2) is 12.4 Å². The monoisotopic (exact) mass is 247 g/mol. The first-order chi connectivity index (χ1) is 8.72. The topological polar surface area (TPSA) is 38.1 Å². The van der Waals surface area contributed by atoms with E-state index < -0.39 is 0 Å². The summed E-state index contributed by atoms with van der Waals surface area (Å²) in [4.78, 5) is 18.7. The van der Waals surface area contributed by atoms with Crippen molar-refractivity contribution in [3.05, 3.63) is 18.2 Å². The average Bonchev–Trinajstić information content (AvgIpc) is 2.81. The van der Waals surface area contributed by atoms with E-state index in [0.29, 0.717) is 11.7 Å². The predicted octanol–water partition coefficient (Wildman–Crippen LogP) is 1.70. The van der Waals surface area contributed by atoms with Gasteiger partial charge in [0.1, 0.15) is 11.6 Å². The molecule has 2 aliphatic rings. The molecule has 98 valence electrons. The van der Waals surface area contributed by atoms with Crippen LogP contribution in [0.5, 0.6) is 0 Å². The van der Waals surface area contributed by atoms with Crippen molar-refractivity contribution in [3.8, 4) is 0 Å². The van der Waals surface area contributed by atoms with E-state index in [1.54, 1.807) is 0 Å². The zero-order chi connectivity index (χ0) is 12.5. The third-order valence-corrected chi connectivity index (χ3v) is 4.33. The first kappa shape index (κ1) is 11.9. The molecule has 2 heterocycles. The van der Waals surface area contributed by atoms with Crippen molar-refractivity contribution in [2.45, 2.75) is 39.3 Å². The van der Waals surface area contributed by atoms with Gasteiger partial charge in [-0.1, -0.05) is 6.92 Å². The third kappa shape index (κ3) is 2.34. The van der Waals surface area contributed by atoms with Crippen LogP contribution in [0.3, 0.4) is 0 Å². The van der Waals surface area contributed by atoms with Gasteiger partial charge in [-0.25, -0.2) is 4.98 Å². The van der Waals surface area contributed by atoms with Gasteiger partial charge >= 0.3 is 0 Å². The van der Waals surface area contributed by atoms with Gasteiger partial charge < -0.3 is 4.57 Å².